The number of benzene rings is 2. The zero-order valence-electron chi connectivity index (χ0n) is 18.4. The van der Waals surface area contributed by atoms with Gasteiger partial charge in [-0.2, -0.15) is 0 Å². The lowest BCUT2D eigenvalue weighted by molar-refractivity contribution is -0.152. The van der Waals surface area contributed by atoms with E-state index in [1.165, 1.54) is 0 Å². The maximum atomic E-state index is 13.0. The molecule has 0 aromatic heterocycles. The molecule has 2 aromatic carbocycles. The third-order valence-electron chi connectivity index (χ3n) is 6.83. The summed E-state index contributed by atoms with van der Waals surface area (Å²) in [6.45, 7) is 0.317. The topological polar surface area (TPSA) is 125 Å². The molecular weight excluding hydrogens is 440 g/mol. The van der Waals surface area contributed by atoms with E-state index < -0.39 is 42.3 Å². The Kier molecular flexibility index (Phi) is 5.97. The minimum Gasteiger partial charge on any atom is -0.480 e. The number of aliphatic hydroxyl groups excluding tert-OH is 1. The Morgan fingerprint density at radius 1 is 1.06 bits per heavy atom. The van der Waals surface area contributed by atoms with Crippen molar-refractivity contribution in [3.05, 3.63) is 59.7 Å². The third-order valence-corrected chi connectivity index (χ3v) is 6.83. The van der Waals surface area contributed by atoms with Gasteiger partial charge >= 0.3 is 12.1 Å². The number of nitrogens with zero attached hydrogens (tertiary/aromatic N) is 1. The van der Waals surface area contributed by atoms with Crippen molar-refractivity contribution < 1.29 is 34.1 Å². The summed E-state index contributed by atoms with van der Waals surface area (Å²) in [6.07, 6.45) is -2.22. The number of carboxylic acid groups (broad SMARTS) is 1. The smallest absolute Gasteiger partial charge is 0.407 e. The quantitative estimate of drug-likeness (QED) is 0.613. The van der Waals surface area contributed by atoms with Gasteiger partial charge < -0.3 is 29.9 Å². The molecule has 0 spiro atoms. The van der Waals surface area contributed by atoms with Crippen LogP contribution in [-0.4, -0.2) is 77.1 Å². The Bertz CT molecular complexity index is 1070. The van der Waals surface area contributed by atoms with Crippen LogP contribution in [-0.2, 0) is 19.1 Å². The van der Waals surface area contributed by atoms with Crippen LogP contribution in [0.2, 0.25) is 0 Å². The predicted molar refractivity (Wildman–Crippen MR) is 120 cm³/mol. The first-order valence-corrected chi connectivity index (χ1v) is 11.4. The van der Waals surface area contributed by atoms with Crippen LogP contribution in [0.1, 0.15) is 29.9 Å². The summed E-state index contributed by atoms with van der Waals surface area (Å²) < 4.78 is 11.1. The SMILES string of the molecule is O=C(N[C@H]1CCO[C@H]1C(=O)N1CC(O)C[C@H]1C(=O)O)OCC1c2ccccc2-c2ccccc21. The maximum Gasteiger partial charge on any atom is 0.407 e. The number of carboxylic acids is 1. The average Bonchev–Trinajstić information content (AvgIpc) is 3.53. The molecule has 3 aliphatic rings. The number of hydrogen-bond acceptors (Lipinski definition) is 6. The lowest BCUT2D eigenvalue weighted by atomic mass is 9.98. The first-order chi connectivity index (χ1) is 16.4. The fourth-order valence-corrected chi connectivity index (χ4v) is 5.23. The van der Waals surface area contributed by atoms with Gasteiger partial charge in [0.1, 0.15) is 12.6 Å². The maximum absolute atomic E-state index is 13.0. The van der Waals surface area contributed by atoms with Crippen molar-refractivity contribution in [3.8, 4) is 11.1 Å². The number of β-amino-alcohol motifs (C(OH)–C–C–N with tert-alkyl or cyclic N) is 1. The van der Waals surface area contributed by atoms with Crippen molar-refractivity contribution in [1.82, 2.24) is 10.2 Å². The molecule has 9 heteroatoms. The van der Waals surface area contributed by atoms with Gasteiger partial charge in [0.2, 0.25) is 0 Å². The molecule has 2 heterocycles. The van der Waals surface area contributed by atoms with Crippen molar-refractivity contribution >= 4 is 18.0 Å². The summed E-state index contributed by atoms with van der Waals surface area (Å²) >= 11 is 0. The van der Waals surface area contributed by atoms with Gasteiger partial charge in [-0.25, -0.2) is 9.59 Å². The van der Waals surface area contributed by atoms with E-state index in [9.17, 15) is 24.6 Å². The molecule has 2 aromatic rings. The number of amides is 2. The summed E-state index contributed by atoms with van der Waals surface area (Å²) in [4.78, 5) is 38.2. The predicted octanol–water partition coefficient (Wildman–Crippen LogP) is 1.73. The van der Waals surface area contributed by atoms with E-state index >= 15 is 0 Å². The molecule has 0 radical (unpaired) electrons. The van der Waals surface area contributed by atoms with Crippen molar-refractivity contribution in [3.63, 3.8) is 0 Å². The van der Waals surface area contributed by atoms with E-state index in [0.29, 0.717) is 6.42 Å². The van der Waals surface area contributed by atoms with Crippen LogP contribution in [0.5, 0.6) is 0 Å². The van der Waals surface area contributed by atoms with Gasteiger partial charge in [0.15, 0.2) is 6.10 Å². The number of aliphatic hydroxyl groups is 1. The molecule has 2 fully saturated rings. The summed E-state index contributed by atoms with van der Waals surface area (Å²) in [5.74, 6) is -1.81. The van der Waals surface area contributed by atoms with Gasteiger partial charge in [0.25, 0.3) is 5.91 Å². The minimum absolute atomic E-state index is 0.0295. The number of hydrogen-bond donors (Lipinski definition) is 3. The molecule has 0 bridgehead atoms. The normalized spacial score (nSPS) is 25.6. The zero-order chi connectivity index (χ0) is 23.8. The minimum atomic E-state index is -1.18. The Balaban J connectivity index is 1.23. The van der Waals surface area contributed by atoms with Crippen molar-refractivity contribution in [1.29, 1.82) is 0 Å². The Hall–Kier alpha value is -3.43. The molecule has 5 rings (SSSR count). The van der Waals surface area contributed by atoms with Crippen molar-refractivity contribution in [2.45, 2.75) is 43.1 Å². The second-order valence-electron chi connectivity index (χ2n) is 8.89. The number of rotatable bonds is 5. The highest BCUT2D eigenvalue weighted by molar-refractivity contribution is 5.88. The molecule has 1 aliphatic carbocycles. The molecule has 0 saturated carbocycles. The fraction of sp³-hybridized carbons (Fsp3) is 0.400. The monoisotopic (exact) mass is 466 g/mol. The number of alkyl carbamates (subject to hydrolysis) is 1. The summed E-state index contributed by atoms with van der Waals surface area (Å²) in [7, 11) is 0. The van der Waals surface area contributed by atoms with Gasteiger partial charge in [0.05, 0.1) is 12.1 Å². The summed E-state index contributed by atoms with van der Waals surface area (Å²) in [6, 6.07) is 14.3. The van der Waals surface area contributed by atoms with Gasteiger partial charge in [0, 0.05) is 25.5 Å². The highest BCUT2D eigenvalue weighted by Crippen LogP contribution is 2.44. The third kappa shape index (κ3) is 4.01. The number of carbonyl (C=O) groups is 3. The zero-order valence-corrected chi connectivity index (χ0v) is 18.4. The number of nitrogens with one attached hydrogen (secondary N) is 1. The van der Waals surface area contributed by atoms with Crippen LogP contribution in [0.3, 0.4) is 0 Å². The van der Waals surface area contributed by atoms with Gasteiger partial charge in [-0.05, 0) is 28.7 Å². The van der Waals surface area contributed by atoms with Crippen LogP contribution in [0.4, 0.5) is 4.79 Å². The first-order valence-electron chi connectivity index (χ1n) is 11.4. The molecule has 1 unspecified atom stereocenters. The molecule has 34 heavy (non-hydrogen) atoms. The highest BCUT2D eigenvalue weighted by Gasteiger charge is 2.45. The van der Waals surface area contributed by atoms with E-state index in [4.69, 9.17) is 9.47 Å². The molecular formula is C25H26N2O7. The van der Waals surface area contributed by atoms with Crippen LogP contribution >= 0.6 is 0 Å². The number of ether oxygens (including phenoxy) is 2. The van der Waals surface area contributed by atoms with Gasteiger partial charge in [-0.3, -0.25) is 4.79 Å². The number of carbonyl (C=O) groups excluding carboxylic acids is 2. The van der Waals surface area contributed by atoms with Crippen LogP contribution < -0.4 is 5.32 Å². The fourth-order valence-electron chi connectivity index (χ4n) is 5.23. The Morgan fingerprint density at radius 3 is 2.35 bits per heavy atom. The summed E-state index contributed by atoms with van der Waals surface area (Å²) in [5, 5.41) is 21.9. The Morgan fingerprint density at radius 2 is 1.71 bits per heavy atom. The van der Waals surface area contributed by atoms with E-state index in [1.54, 1.807) is 0 Å². The number of fused-ring (bicyclic) bond motifs is 3. The van der Waals surface area contributed by atoms with Gasteiger partial charge in [-0.15, -0.1) is 0 Å². The van der Waals surface area contributed by atoms with E-state index in [-0.39, 0.29) is 32.1 Å². The number of aliphatic carboxylic acids is 1. The van der Waals surface area contributed by atoms with E-state index in [1.807, 2.05) is 36.4 Å². The van der Waals surface area contributed by atoms with Crippen LogP contribution in [0, 0.1) is 0 Å². The molecule has 3 N–H and O–H groups in total. The van der Waals surface area contributed by atoms with Crippen molar-refractivity contribution in [2.75, 3.05) is 19.8 Å². The first kappa shape index (κ1) is 22.4. The average molecular weight is 466 g/mol. The summed E-state index contributed by atoms with van der Waals surface area (Å²) in [5.41, 5.74) is 4.45. The largest absolute Gasteiger partial charge is 0.480 e. The van der Waals surface area contributed by atoms with Crippen LogP contribution in [0.15, 0.2) is 48.5 Å². The number of likely N-dealkylation sites (tertiary alicyclic amines) is 1. The second kappa shape index (κ2) is 9.08. The standard InChI is InChI=1S/C25H26N2O7/c28-14-11-21(24(30)31)27(12-14)23(29)22-20(9-10-33-22)26-25(32)34-13-19-17-7-3-1-5-15(17)16-6-2-4-8-18(16)19/h1-8,14,19-22,28H,9-13H2,(H,26,32)(H,30,31)/t14?,20-,21-,22+/m0/s1. The lowest BCUT2D eigenvalue weighted by Gasteiger charge is -2.27. The molecule has 2 aliphatic heterocycles. The second-order valence-corrected chi connectivity index (χ2v) is 8.89. The molecule has 2 amide bonds. The highest BCUT2D eigenvalue weighted by atomic mass is 16.6. The lowest BCUT2D eigenvalue weighted by Crippen LogP contribution is -2.52. The molecule has 2 saturated heterocycles. The van der Waals surface area contributed by atoms with E-state index in [2.05, 4.69) is 17.4 Å². The molecule has 178 valence electrons. The van der Waals surface area contributed by atoms with E-state index in [0.717, 1.165) is 27.2 Å². The Labute approximate surface area is 196 Å². The molecule has 9 nitrogen and oxygen atoms in total. The van der Waals surface area contributed by atoms with Crippen molar-refractivity contribution in [2.24, 2.45) is 0 Å². The molecule has 4 atom stereocenters. The van der Waals surface area contributed by atoms with Crippen LogP contribution in [0.25, 0.3) is 11.1 Å². The van der Waals surface area contributed by atoms with Gasteiger partial charge in [-0.1, -0.05) is 48.5 Å².